The lowest BCUT2D eigenvalue weighted by atomic mass is 10.1. The van der Waals surface area contributed by atoms with E-state index in [2.05, 4.69) is 35.7 Å². The molecule has 3 N–H and O–H groups in total. The van der Waals surface area contributed by atoms with E-state index in [1.54, 1.807) is 0 Å². The first-order valence-corrected chi connectivity index (χ1v) is 22.0. The number of carbonyl (C=O) groups is 3. The van der Waals surface area contributed by atoms with Crippen LogP contribution in [0.5, 0.6) is 34.5 Å². The second-order valence-corrected chi connectivity index (χ2v) is 15.3. The number of nitrogens with zero attached hydrogens (tertiary/aromatic N) is 3. The Hall–Kier alpha value is -5.52. The number of phenols is 3. The van der Waals surface area contributed by atoms with Crippen molar-refractivity contribution in [2.75, 3.05) is 0 Å². The number of hydrogen-bond donors (Lipinski definition) is 3. The first-order valence-electron chi connectivity index (χ1n) is 22.0. The van der Waals surface area contributed by atoms with Crippen molar-refractivity contribution in [1.29, 1.82) is 0 Å². The molecule has 0 unspecified atom stereocenters. The number of benzene rings is 3. The molecule has 0 saturated carbocycles. The molecule has 1 heterocycles. The third-order valence-electron chi connectivity index (χ3n) is 10.2. The molecule has 4 rings (SSSR count). The lowest BCUT2D eigenvalue weighted by molar-refractivity contribution is -0.135. The van der Waals surface area contributed by atoms with E-state index in [0.29, 0.717) is 19.3 Å². The van der Waals surface area contributed by atoms with Crippen molar-refractivity contribution in [2.45, 2.75) is 156 Å². The van der Waals surface area contributed by atoms with E-state index in [4.69, 9.17) is 14.2 Å². The Kier molecular flexibility index (Phi) is 20.3. The molecule has 4 aromatic rings. The number of unbranched alkanes of at least 4 members (excludes halogenated alkanes) is 15. The molecule has 0 radical (unpaired) electrons. The van der Waals surface area contributed by atoms with Crippen LogP contribution in [0, 0.1) is 0 Å². The topological polar surface area (TPSA) is 178 Å². The molecule has 0 aliphatic carbocycles. The molecule has 12 heteroatoms. The fourth-order valence-corrected chi connectivity index (χ4v) is 6.73. The lowest BCUT2D eigenvalue weighted by Gasteiger charge is -2.13. The van der Waals surface area contributed by atoms with Crippen molar-refractivity contribution < 1.29 is 43.9 Å². The molecule has 12 nitrogen and oxygen atoms in total. The number of ether oxygens (including phenoxy) is 3. The highest BCUT2D eigenvalue weighted by atomic mass is 16.5. The number of esters is 3. The Labute approximate surface area is 354 Å². The summed E-state index contributed by atoms with van der Waals surface area (Å²) >= 11 is 0. The Bertz CT molecular complexity index is 1750. The number of aromatic hydroxyl groups is 3. The van der Waals surface area contributed by atoms with Crippen LogP contribution in [-0.4, -0.2) is 48.2 Å². The second kappa shape index (κ2) is 25.9. The minimum atomic E-state index is -0.401. The van der Waals surface area contributed by atoms with Gasteiger partial charge in [-0.2, -0.15) is 0 Å². The molecule has 0 bridgehead atoms. The molecular weight excluding hydrogens is 763 g/mol. The van der Waals surface area contributed by atoms with Crippen molar-refractivity contribution in [3.8, 4) is 68.7 Å². The fourth-order valence-electron chi connectivity index (χ4n) is 6.73. The smallest absolute Gasteiger partial charge is 0.311 e. The highest BCUT2D eigenvalue weighted by Crippen LogP contribution is 2.38. The van der Waals surface area contributed by atoms with Crippen molar-refractivity contribution in [3.63, 3.8) is 0 Å². The molecule has 0 atom stereocenters. The fraction of sp³-hybridized carbons (Fsp3) is 0.500. The normalized spacial score (nSPS) is 11.1. The third-order valence-corrected chi connectivity index (χ3v) is 10.2. The predicted octanol–water partition coefficient (Wildman–Crippen LogP) is 12.0. The predicted molar refractivity (Wildman–Crippen MR) is 232 cm³/mol. The third kappa shape index (κ3) is 15.9. The average Bonchev–Trinajstić information content (AvgIpc) is 3.21. The van der Waals surface area contributed by atoms with Gasteiger partial charge in [0.25, 0.3) is 0 Å². The van der Waals surface area contributed by atoms with Crippen LogP contribution in [0.4, 0.5) is 0 Å². The first-order chi connectivity index (χ1) is 29.1. The SMILES string of the molecule is CCCCCCCCC(=O)Oc1ccc(-c2nc(-c3ccc(OC(=O)CCCCCCCC)cc3O)nc(-c3ccc(OC(=O)CCCCCCCC)cc3O)n2)c(O)c1. The summed E-state index contributed by atoms with van der Waals surface area (Å²) in [5.74, 6) is -1.63. The van der Waals surface area contributed by atoms with Crippen LogP contribution < -0.4 is 14.2 Å². The Balaban J connectivity index is 1.57. The van der Waals surface area contributed by atoms with Crippen LogP contribution in [0.25, 0.3) is 34.2 Å². The maximum atomic E-state index is 12.5. The van der Waals surface area contributed by atoms with Crippen LogP contribution in [0.3, 0.4) is 0 Å². The van der Waals surface area contributed by atoms with Gasteiger partial charge in [0.05, 0.1) is 16.7 Å². The quantitative estimate of drug-likeness (QED) is 0.0295. The largest absolute Gasteiger partial charge is 0.507 e. The summed E-state index contributed by atoms with van der Waals surface area (Å²) in [4.78, 5) is 51.3. The van der Waals surface area contributed by atoms with E-state index in [-0.39, 0.29) is 87.9 Å². The number of hydrogen-bond acceptors (Lipinski definition) is 12. The van der Waals surface area contributed by atoms with Gasteiger partial charge in [0.2, 0.25) is 0 Å². The van der Waals surface area contributed by atoms with E-state index in [0.717, 1.165) is 77.0 Å². The van der Waals surface area contributed by atoms with Crippen molar-refractivity contribution in [1.82, 2.24) is 15.0 Å². The highest BCUT2D eigenvalue weighted by molar-refractivity contribution is 5.78. The molecule has 0 aliphatic heterocycles. The molecule has 324 valence electrons. The number of rotatable bonds is 27. The summed E-state index contributed by atoms with van der Waals surface area (Å²) in [6.45, 7) is 6.46. The zero-order valence-corrected chi connectivity index (χ0v) is 35.7. The van der Waals surface area contributed by atoms with Gasteiger partial charge in [-0.15, -0.1) is 0 Å². The highest BCUT2D eigenvalue weighted by Gasteiger charge is 2.21. The van der Waals surface area contributed by atoms with Gasteiger partial charge < -0.3 is 29.5 Å². The summed E-state index contributed by atoms with van der Waals surface area (Å²) in [6, 6.07) is 13.0. The summed E-state index contributed by atoms with van der Waals surface area (Å²) in [5.41, 5.74) is 0.486. The number of phenolic OH excluding ortho intramolecular Hbond substituents is 3. The van der Waals surface area contributed by atoms with Gasteiger partial charge >= 0.3 is 17.9 Å². The standard InChI is InChI=1S/C48H63N3O9/c1-4-7-10-13-16-19-22-43(55)58-34-25-28-37(40(52)31-34)46-49-47(38-29-26-35(32-41(38)53)59-44(56)23-20-17-14-11-8-5-2)51-48(50-46)39-30-27-36(33-42(39)54)60-45(57)24-21-18-15-12-9-6-3/h25-33,52-54H,4-24H2,1-3H3. The van der Waals surface area contributed by atoms with E-state index in [1.807, 2.05) is 0 Å². The number of carbonyl (C=O) groups excluding carboxylic acids is 3. The summed E-state index contributed by atoms with van der Waals surface area (Å²) in [7, 11) is 0. The van der Waals surface area contributed by atoms with Crippen molar-refractivity contribution in [2.24, 2.45) is 0 Å². The van der Waals surface area contributed by atoms with E-state index in [1.165, 1.54) is 73.9 Å². The first kappa shape index (κ1) is 47.2. The Morgan fingerprint density at radius 2 is 0.650 bits per heavy atom. The van der Waals surface area contributed by atoms with Crippen LogP contribution in [-0.2, 0) is 14.4 Å². The van der Waals surface area contributed by atoms with E-state index < -0.39 is 17.9 Å². The van der Waals surface area contributed by atoms with Gasteiger partial charge in [-0.1, -0.05) is 117 Å². The molecule has 0 amide bonds. The summed E-state index contributed by atoms with van der Waals surface area (Å²) < 4.78 is 16.5. The molecule has 0 aliphatic rings. The molecule has 60 heavy (non-hydrogen) atoms. The van der Waals surface area contributed by atoms with Crippen LogP contribution in [0.2, 0.25) is 0 Å². The summed E-state index contributed by atoms with van der Waals surface area (Å²) in [5, 5.41) is 33.5. The second-order valence-electron chi connectivity index (χ2n) is 15.3. The van der Waals surface area contributed by atoms with Gasteiger partial charge in [0, 0.05) is 37.5 Å². The van der Waals surface area contributed by atoms with Crippen molar-refractivity contribution >= 4 is 17.9 Å². The molecule has 1 aromatic heterocycles. The van der Waals surface area contributed by atoms with Gasteiger partial charge in [0.1, 0.15) is 34.5 Å². The maximum absolute atomic E-state index is 12.5. The van der Waals surface area contributed by atoms with Crippen LogP contribution in [0.15, 0.2) is 54.6 Å². The summed E-state index contributed by atoms with van der Waals surface area (Å²) in [6.07, 6.45) is 19.3. The van der Waals surface area contributed by atoms with Crippen molar-refractivity contribution in [3.05, 3.63) is 54.6 Å². The maximum Gasteiger partial charge on any atom is 0.311 e. The zero-order chi connectivity index (χ0) is 43.1. The molecule has 0 spiro atoms. The minimum absolute atomic E-state index is 0.0138. The van der Waals surface area contributed by atoms with Crippen LogP contribution in [0.1, 0.15) is 156 Å². The number of aromatic nitrogens is 3. The van der Waals surface area contributed by atoms with Gasteiger partial charge in [0.15, 0.2) is 17.5 Å². The Morgan fingerprint density at radius 1 is 0.400 bits per heavy atom. The van der Waals surface area contributed by atoms with Gasteiger partial charge in [-0.25, -0.2) is 15.0 Å². The van der Waals surface area contributed by atoms with Gasteiger partial charge in [-0.05, 0) is 55.7 Å². The monoisotopic (exact) mass is 825 g/mol. The Morgan fingerprint density at radius 3 is 0.900 bits per heavy atom. The van der Waals surface area contributed by atoms with Gasteiger partial charge in [-0.3, -0.25) is 14.4 Å². The molecule has 0 saturated heterocycles. The van der Waals surface area contributed by atoms with E-state index in [9.17, 15) is 29.7 Å². The minimum Gasteiger partial charge on any atom is -0.507 e. The van der Waals surface area contributed by atoms with E-state index >= 15 is 0 Å². The molecule has 3 aromatic carbocycles. The zero-order valence-electron chi connectivity index (χ0n) is 35.7. The van der Waals surface area contributed by atoms with Crippen LogP contribution >= 0.6 is 0 Å². The lowest BCUT2D eigenvalue weighted by Crippen LogP contribution is -2.08. The molecular formula is C48H63N3O9. The molecule has 0 fully saturated rings. The average molecular weight is 826 g/mol.